The molecule has 0 unspecified atom stereocenters. The van der Waals surface area contributed by atoms with E-state index < -0.39 is 0 Å². The van der Waals surface area contributed by atoms with Crippen LogP contribution in [0.2, 0.25) is 0 Å². The number of rotatable bonds is 4. The van der Waals surface area contributed by atoms with Crippen molar-refractivity contribution in [1.82, 2.24) is 24.4 Å². The maximum Gasteiger partial charge on any atom is 0.205 e. The molecule has 104 valence electrons. The molecule has 0 atom stereocenters. The van der Waals surface area contributed by atoms with Gasteiger partial charge in [-0.15, -0.1) is 10.2 Å². The fraction of sp³-hybridized carbons (Fsp3) is 0.333. The van der Waals surface area contributed by atoms with E-state index >= 15 is 0 Å². The molecule has 0 aliphatic rings. The molecular formula is C12H14N6S2. The molecule has 0 amide bonds. The molecule has 1 N–H and O–H groups in total. The highest BCUT2D eigenvalue weighted by Gasteiger charge is 2.04. The summed E-state index contributed by atoms with van der Waals surface area (Å²) in [5.41, 5.74) is 1.97. The summed E-state index contributed by atoms with van der Waals surface area (Å²) in [6.07, 6.45) is 2.91. The summed E-state index contributed by atoms with van der Waals surface area (Å²) in [5.74, 6) is 0. The molecule has 0 fully saturated rings. The van der Waals surface area contributed by atoms with E-state index in [2.05, 4.69) is 27.5 Å². The third-order valence-corrected chi connectivity index (χ3v) is 4.42. The zero-order valence-electron chi connectivity index (χ0n) is 11.2. The van der Waals surface area contributed by atoms with E-state index in [1.54, 1.807) is 16.0 Å². The molecule has 3 aromatic heterocycles. The molecule has 0 radical (unpaired) electrons. The Morgan fingerprint density at radius 2 is 2.20 bits per heavy atom. The van der Waals surface area contributed by atoms with Crippen LogP contribution in [0.15, 0.2) is 18.3 Å². The highest BCUT2D eigenvalue weighted by molar-refractivity contribution is 7.71. The van der Waals surface area contributed by atoms with Crippen LogP contribution in [-0.2, 0) is 20.0 Å². The molecule has 3 heterocycles. The number of nitrogens with one attached hydrogen (secondary N) is 1. The fourth-order valence-electron chi connectivity index (χ4n) is 1.87. The Morgan fingerprint density at radius 3 is 2.95 bits per heavy atom. The number of hydrogen-bond donors (Lipinski definition) is 1. The van der Waals surface area contributed by atoms with Gasteiger partial charge in [-0.25, -0.2) is 4.68 Å². The van der Waals surface area contributed by atoms with Gasteiger partial charge in [0.1, 0.15) is 5.01 Å². The van der Waals surface area contributed by atoms with Crippen LogP contribution in [-0.4, -0.2) is 24.4 Å². The van der Waals surface area contributed by atoms with Crippen molar-refractivity contribution in [3.8, 4) is 0 Å². The predicted molar refractivity (Wildman–Crippen MR) is 81.6 cm³/mol. The Kier molecular flexibility index (Phi) is 3.49. The first-order valence-corrected chi connectivity index (χ1v) is 7.50. The van der Waals surface area contributed by atoms with Gasteiger partial charge in [0.05, 0.1) is 0 Å². The van der Waals surface area contributed by atoms with E-state index in [1.807, 2.05) is 29.8 Å². The van der Waals surface area contributed by atoms with Crippen LogP contribution >= 0.6 is 23.6 Å². The summed E-state index contributed by atoms with van der Waals surface area (Å²) in [7, 11) is 1.85. The SMILES string of the molecule is CCc1nnc(NCc2ccc3nn(C)c(=S)n3c2)s1. The van der Waals surface area contributed by atoms with E-state index in [-0.39, 0.29) is 0 Å². The normalized spacial score (nSPS) is 11.1. The quantitative estimate of drug-likeness (QED) is 0.750. The Hall–Kier alpha value is -1.80. The van der Waals surface area contributed by atoms with Crippen LogP contribution < -0.4 is 5.32 Å². The third kappa shape index (κ3) is 2.44. The van der Waals surface area contributed by atoms with Crippen molar-refractivity contribution in [3.05, 3.63) is 33.7 Å². The lowest BCUT2D eigenvalue weighted by atomic mass is 10.3. The minimum Gasteiger partial charge on any atom is -0.356 e. The van der Waals surface area contributed by atoms with Crippen molar-refractivity contribution in [3.63, 3.8) is 0 Å². The number of pyridine rings is 1. The molecule has 3 rings (SSSR count). The minimum absolute atomic E-state index is 0.685. The molecular weight excluding hydrogens is 292 g/mol. The lowest BCUT2D eigenvalue weighted by molar-refractivity contribution is 0.756. The minimum atomic E-state index is 0.685. The first-order valence-electron chi connectivity index (χ1n) is 6.28. The van der Waals surface area contributed by atoms with Gasteiger partial charge in [0.15, 0.2) is 5.65 Å². The largest absolute Gasteiger partial charge is 0.356 e. The van der Waals surface area contributed by atoms with Gasteiger partial charge in [0, 0.05) is 19.8 Å². The molecule has 0 aromatic carbocycles. The Bertz CT molecular complexity index is 800. The number of aromatic nitrogens is 5. The predicted octanol–water partition coefficient (Wildman–Crippen LogP) is 2.43. The van der Waals surface area contributed by atoms with E-state index in [1.165, 1.54) is 0 Å². The molecule has 0 saturated heterocycles. The van der Waals surface area contributed by atoms with Crippen LogP contribution in [0.5, 0.6) is 0 Å². The van der Waals surface area contributed by atoms with Gasteiger partial charge in [-0.05, 0) is 30.3 Å². The van der Waals surface area contributed by atoms with Gasteiger partial charge < -0.3 is 5.32 Å². The monoisotopic (exact) mass is 306 g/mol. The fourth-order valence-corrected chi connectivity index (χ4v) is 2.74. The number of anilines is 1. The molecule has 20 heavy (non-hydrogen) atoms. The Balaban J connectivity index is 1.80. The molecule has 0 bridgehead atoms. The highest BCUT2D eigenvalue weighted by atomic mass is 32.1. The summed E-state index contributed by atoms with van der Waals surface area (Å²) in [4.78, 5) is 0. The van der Waals surface area contributed by atoms with Gasteiger partial charge >= 0.3 is 0 Å². The molecule has 8 heteroatoms. The average molecular weight is 306 g/mol. The zero-order chi connectivity index (χ0) is 14.1. The molecule has 0 aliphatic heterocycles. The van der Waals surface area contributed by atoms with Gasteiger partial charge in [-0.3, -0.25) is 4.40 Å². The highest BCUT2D eigenvalue weighted by Crippen LogP contribution is 2.16. The number of nitrogens with zero attached hydrogens (tertiary/aromatic N) is 5. The van der Waals surface area contributed by atoms with Gasteiger partial charge in [0.2, 0.25) is 9.90 Å². The van der Waals surface area contributed by atoms with Crippen molar-refractivity contribution in [2.75, 3.05) is 5.32 Å². The maximum atomic E-state index is 5.31. The number of fused-ring (bicyclic) bond motifs is 1. The van der Waals surface area contributed by atoms with Gasteiger partial charge in [0.25, 0.3) is 0 Å². The van der Waals surface area contributed by atoms with Gasteiger partial charge in [-0.2, -0.15) is 5.10 Å². The van der Waals surface area contributed by atoms with Crippen LogP contribution in [0.4, 0.5) is 5.13 Å². The summed E-state index contributed by atoms with van der Waals surface area (Å²) in [5, 5.41) is 17.7. The summed E-state index contributed by atoms with van der Waals surface area (Å²) in [6.45, 7) is 2.76. The van der Waals surface area contributed by atoms with Crippen molar-refractivity contribution >= 4 is 34.3 Å². The average Bonchev–Trinajstić information content (AvgIpc) is 3.03. The van der Waals surface area contributed by atoms with E-state index in [9.17, 15) is 0 Å². The van der Waals surface area contributed by atoms with Crippen molar-refractivity contribution in [2.24, 2.45) is 7.05 Å². The topological polar surface area (TPSA) is 60.0 Å². The van der Waals surface area contributed by atoms with E-state index in [0.717, 1.165) is 27.8 Å². The maximum absolute atomic E-state index is 5.31. The second-order valence-corrected chi connectivity index (χ2v) is 5.81. The van der Waals surface area contributed by atoms with Gasteiger partial charge in [-0.1, -0.05) is 24.3 Å². The van der Waals surface area contributed by atoms with Crippen molar-refractivity contribution < 1.29 is 0 Å². The van der Waals surface area contributed by atoms with E-state index in [4.69, 9.17) is 12.2 Å². The second-order valence-electron chi connectivity index (χ2n) is 4.38. The van der Waals surface area contributed by atoms with E-state index in [0.29, 0.717) is 11.3 Å². The van der Waals surface area contributed by atoms with Crippen LogP contribution in [0, 0.1) is 4.77 Å². The standard InChI is InChI=1S/C12H14N6S2/c1-3-10-14-15-11(20-10)13-6-8-4-5-9-16-17(2)12(19)18(9)7-8/h4-5,7H,3,6H2,1-2H3,(H,13,15). The molecule has 0 aliphatic carbocycles. The summed E-state index contributed by atoms with van der Waals surface area (Å²) in [6, 6.07) is 4.00. The third-order valence-electron chi connectivity index (χ3n) is 2.94. The summed E-state index contributed by atoms with van der Waals surface area (Å²) >= 11 is 6.89. The first-order chi connectivity index (χ1) is 9.67. The smallest absolute Gasteiger partial charge is 0.205 e. The van der Waals surface area contributed by atoms with Crippen LogP contribution in [0.25, 0.3) is 5.65 Å². The van der Waals surface area contributed by atoms with Crippen LogP contribution in [0.1, 0.15) is 17.5 Å². The lowest BCUT2D eigenvalue weighted by Crippen LogP contribution is -2.00. The van der Waals surface area contributed by atoms with Crippen molar-refractivity contribution in [2.45, 2.75) is 19.9 Å². The second kappa shape index (κ2) is 5.29. The molecule has 3 aromatic rings. The molecule has 0 spiro atoms. The van der Waals surface area contributed by atoms with Crippen molar-refractivity contribution in [1.29, 1.82) is 0 Å². The Labute approximate surface area is 125 Å². The molecule has 0 saturated carbocycles. The lowest BCUT2D eigenvalue weighted by Gasteiger charge is -2.02. The summed E-state index contributed by atoms with van der Waals surface area (Å²) < 4.78 is 4.29. The first kappa shape index (κ1) is 13.2. The van der Waals surface area contributed by atoms with Crippen LogP contribution in [0.3, 0.4) is 0 Å². The zero-order valence-corrected chi connectivity index (χ0v) is 12.8. The number of hydrogen-bond acceptors (Lipinski definition) is 6. The number of aryl methyl sites for hydroxylation is 2. The molecule has 6 nitrogen and oxygen atoms in total. The Morgan fingerprint density at radius 1 is 1.35 bits per heavy atom.